The number of pyridine rings is 1. The van der Waals surface area contributed by atoms with Gasteiger partial charge in [0.1, 0.15) is 17.8 Å². The smallest absolute Gasteiger partial charge is 0.270 e. The Balaban J connectivity index is 1.46. The molecule has 0 atom stereocenters. The molecule has 0 unspecified atom stereocenters. The van der Waals surface area contributed by atoms with E-state index in [9.17, 15) is 9.59 Å². The Morgan fingerprint density at radius 1 is 1.25 bits per heavy atom. The zero-order valence-electron chi connectivity index (χ0n) is 12.4. The maximum atomic E-state index is 12.0. The summed E-state index contributed by atoms with van der Waals surface area (Å²) in [5, 5.41) is 13.9. The summed E-state index contributed by atoms with van der Waals surface area (Å²) in [6.45, 7) is 0.201. The standard InChI is InChI=1S/C14H13N7O2S/c22-11(20-10-3-1-2-5-15-10)4-6-16-13(23)9-7-24-14(19-9)12-17-8-18-21-12/h1-3,5,7-8H,4,6H2,(H,16,23)(H,15,20,22)(H,17,18,21). The van der Waals surface area contributed by atoms with Crippen LogP contribution in [0.2, 0.25) is 0 Å². The van der Waals surface area contributed by atoms with Gasteiger partial charge >= 0.3 is 0 Å². The van der Waals surface area contributed by atoms with Crippen molar-refractivity contribution in [1.82, 2.24) is 30.5 Å². The summed E-state index contributed by atoms with van der Waals surface area (Å²) >= 11 is 1.28. The third-order valence-electron chi connectivity index (χ3n) is 2.92. The van der Waals surface area contributed by atoms with Crippen molar-refractivity contribution in [3.8, 4) is 10.8 Å². The van der Waals surface area contributed by atoms with Crippen LogP contribution in [0, 0.1) is 0 Å². The van der Waals surface area contributed by atoms with Crippen molar-refractivity contribution in [2.24, 2.45) is 0 Å². The first-order valence-corrected chi connectivity index (χ1v) is 7.90. The fourth-order valence-electron chi connectivity index (χ4n) is 1.82. The molecule has 0 aliphatic rings. The Labute approximate surface area is 140 Å². The Kier molecular flexibility index (Phi) is 4.87. The molecule has 2 amide bonds. The van der Waals surface area contributed by atoms with Crippen molar-refractivity contribution >= 4 is 29.0 Å². The fraction of sp³-hybridized carbons (Fsp3) is 0.143. The Morgan fingerprint density at radius 2 is 2.17 bits per heavy atom. The van der Waals surface area contributed by atoms with Gasteiger partial charge in [0.15, 0.2) is 10.8 Å². The number of carbonyl (C=O) groups excluding carboxylic acids is 2. The summed E-state index contributed by atoms with van der Waals surface area (Å²) in [5.74, 6) is 0.413. The van der Waals surface area contributed by atoms with Crippen molar-refractivity contribution < 1.29 is 9.59 Å². The first-order valence-electron chi connectivity index (χ1n) is 7.03. The van der Waals surface area contributed by atoms with E-state index >= 15 is 0 Å². The summed E-state index contributed by atoms with van der Waals surface area (Å²) in [4.78, 5) is 35.9. The summed E-state index contributed by atoms with van der Waals surface area (Å²) < 4.78 is 0. The van der Waals surface area contributed by atoms with Crippen molar-refractivity contribution in [2.75, 3.05) is 11.9 Å². The number of hydrogen-bond acceptors (Lipinski definition) is 7. The van der Waals surface area contributed by atoms with Crippen molar-refractivity contribution in [3.05, 3.63) is 41.8 Å². The van der Waals surface area contributed by atoms with Gasteiger partial charge in [0.2, 0.25) is 5.91 Å². The summed E-state index contributed by atoms with van der Waals surface area (Å²) in [6, 6.07) is 5.23. The van der Waals surface area contributed by atoms with Gasteiger partial charge in [-0.15, -0.1) is 11.3 Å². The number of nitrogens with zero attached hydrogens (tertiary/aromatic N) is 4. The molecule has 0 spiro atoms. The molecule has 3 heterocycles. The van der Waals surface area contributed by atoms with Crippen LogP contribution in [0.5, 0.6) is 0 Å². The lowest BCUT2D eigenvalue weighted by atomic mass is 10.3. The predicted octanol–water partition coefficient (Wildman–Crippen LogP) is 1.08. The third-order valence-corrected chi connectivity index (χ3v) is 3.77. The summed E-state index contributed by atoms with van der Waals surface area (Å²) in [6.07, 6.45) is 3.10. The molecule has 3 N–H and O–H groups in total. The molecular formula is C14H13N7O2S. The maximum absolute atomic E-state index is 12.0. The first-order chi connectivity index (χ1) is 11.7. The third kappa shape index (κ3) is 3.98. The molecule has 3 rings (SSSR count). The van der Waals surface area contributed by atoms with Gasteiger partial charge in [-0.3, -0.25) is 14.7 Å². The van der Waals surface area contributed by atoms with E-state index < -0.39 is 0 Å². The fourth-order valence-corrected chi connectivity index (χ4v) is 2.56. The zero-order valence-corrected chi connectivity index (χ0v) is 13.2. The van der Waals surface area contributed by atoms with Crippen LogP contribution in [-0.2, 0) is 4.79 Å². The molecule has 3 aromatic heterocycles. The molecule has 24 heavy (non-hydrogen) atoms. The van der Waals surface area contributed by atoms with E-state index in [0.29, 0.717) is 16.6 Å². The van der Waals surface area contributed by atoms with Gasteiger partial charge in [-0.25, -0.2) is 15.0 Å². The second-order valence-corrected chi connectivity index (χ2v) is 5.50. The topological polar surface area (TPSA) is 126 Å². The van der Waals surface area contributed by atoms with Gasteiger partial charge in [-0.05, 0) is 12.1 Å². The van der Waals surface area contributed by atoms with Crippen LogP contribution in [0.1, 0.15) is 16.9 Å². The van der Waals surface area contributed by atoms with Gasteiger partial charge < -0.3 is 10.6 Å². The number of amides is 2. The van der Waals surface area contributed by atoms with Gasteiger partial charge in [0.05, 0.1) is 0 Å². The molecule has 0 saturated heterocycles. The van der Waals surface area contributed by atoms with Crippen molar-refractivity contribution in [3.63, 3.8) is 0 Å². The number of rotatable bonds is 6. The van der Waals surface area contributed by atoms with Gasteiger partial charge in [-0.2, -0.15) is 5.10 Å². The van der Waals surface area contributed by atoms with Crippen LogP contribution in [0.25, 0.3) is 10.8 Å². The van der Waals surface area contributed by atoms with E-state index in [1.165, 1.54) is 17.7 Å². The van der Waals surface area contributed by atoms with Gasteiger partial charge in [0, 0.05) is 24.5 Å². The van der Waals surface area contributed by atoms with Crippen LogP contribution in [0.15, 0.2) is 36.1 Å². The lowest BCUT2D eigenvalue weighted by Gasteiger charge is -2.05. The molecule has 122 valence electrons. The number of aromatic amines is 1. The summed E-state index contributed by atoms with van der Waals surface area (Å²) in [5.41, 5.74) is 0.275. The van der Waals surface area contributed by atoms with E-state index in [1.54, 1.807) is 29.8 Å². The van der Waals surface area contributed by atoms with Gasteiger partial charge in [0.25, 0.3) is 5.91 Å². The number of anilines is 1. The highest BCUT2D eigenvalue weighted by molar-refractivity contribution is 7.13. The molecule has 9 nitrogen and oxygen atoms in total. The molecule has 3 aromatic rings. The van der Waals surface area contributed by atoms with Crippen molar-refractivity contribution in [1.29, 1.82) is 0 Å². The first kappa shape index (κ1) is 15.7. The highest BCUT2D eigenvalue weighted by atomic mass is 32.1. The van der Waals surface area contributed by atoms with Crippen LogP contribution in [0.3, 0.4) is 0 Å². The predicted molar refractivity (Wildman–Crippen MR) is 87.3 cm³/mol. The number of nitrogens with one attached hydrogen (secondary N) is 3. The summed E-state index contributed by atoms with van der Waals surface area (Å²) in [7, 11) is 0. The number of carbonyl (C=O) groups is 2. The minimum absolute atomic E-state index is 0.140. The number of hydrogen-bond donors (Lipinski definition) is 3. The average Bonchev–Trinajstić information content (AvgIpc) is 3.27. The van der Waals surface area contributed by atoms with Crippen LogP contribution < -0.4 is 10.6 Å². The molecule has 0 aromatic carbocycles. The Bertz CT molecular complexity index is 817. The monoisotopic (exact) mass is 343 g/mol. The van der Waals surface area contributed by atoms with E-state index in [2.05, 4.69) is 35.8 Å². The second-order valence-electron chi connectivity index (χ2n) is 4.64. The van der Waals surface area contributed by atoms with Crippen molar-refractivity contribution in [2.45, 2.75) is 6.42 Å². The van der Waals surface area contributed by atoms with E-state index in [4.69, 9.17) is 0 Å². The lowest BCUT2D eigenvalue weighted by molar-refractivity contribution is -0.116. The largest absolute Gasteiger partial charge is 0.350 e. The molecule has 0 fully saturated rings. The minimum atomic E-state index is -0.345. The quantitative estimate of drug-likeness (QED) is 0.615. The minimum Gasteiger partial charge on any atom is -0.350 e. The molecule has 0 bridgehead atoms. The molecule has 0 saturated carbocycles. The SMILES string of the molecule is O=C(CCNC(=O)c1csc(-c2ncn[nH]2)n1)Nc1ccccn1. The van der Waals surface area contributed by atoms with Crippen LogP contribution in [0.4, 0.5) is 5.82 Å². The second kappa shape index (κ2) is 7.42. The molecule has 0 aliphatic carbocycles. The molecule has 0 radical (unpaired) electrons. The van der Waals surface area contributed by atoms with E-state index in [1.807, 2.05) is 0 Å². The molecule has 10 heteroatoms. The van der Waals surface area contributed by atoms with Crippen LogP contribution in [-0.4, -0.2) is 43.5 Å². The Hall–Kier alpha value is -3.14. The molecular weight excluding hydrogens is 330 g/mol. The normalized spacial score (nSPS) is 10.3. The average molecular weight is 343 g/mol. The van der Waals surface area contributed by atoms with E-state index in [-0.39, 0.29) is 30.5 Å². The zero-order chi connectivity index (χ0) is 16.8. The highest BCUT2D eigenvalue weighted by Crippen LogP contribution is 2.19. The van der Waals surface area contributed by atoms with Crippen LogP contribution >= 0.6 is 11.3 Å². The molecule has 0 aliphatic heterocycles. The lowest BCUT2D eigenvalue weighted by Crippen LogP contribution is -2.28. The Morgan fingerprint density at radius 3 is 2.92 bits per heavy atom. The highest BCUT2D eigenvalue weighted by Gasteiger charge is 2.13. The van der Waals surface area contributed by atoms with E-state index in [0.717, 1.165) is 0 Å². The number of H-pyrrole nitrogens is 1. The maximum Gasteiger partial charge on any atom is 0.270 e. The number of aromatic nitrogens is 5. The number of thiazole rings is 1. The van der Waals surface area contributed by atoms with Gasteiger partial charge in [-0.1, -0.05) is 6.07 Å².